The Morgan fingerprint density at radius 3 is 2.70 bits per heavy atom. The van der Waals surface area contributed by atoms with Gasteiger partial charge >= 0.3 is 6.01 Å². The molecule has 40 heavy (non-hydrogen) atoms. The molecule has 2 unspecified atom stereocenters. The van der Waals surface area contributed by atoms with Gasteiger partial charge in [0.2, 0.25) is 0 Å². The van der Waals surface area contributed by atoms with Gasteiger partial charge in [-0.2, -0.15) is 9.97 Å². The van der Waals surface area contributed by atoms with Crippen LogP contribution in [0.2, 0.25) is 0 Å². The lowest BCUT2D eigenvalue weighted by atomic mass is 9.92. The summed E-state index contributed by atoms with van der Waals surface area (Å²) in [5, 5.41) is 0.646. The van der Waals surface area contributed by atoms with Crippen molar-refractivity contribution < 1.29 is 13.9 Å². The van der Waals surface area contributed by atoms with Gasteiger partial charge in [0.05, 0.1) is 17.0 Å². The molecule has 0 N–H and O–H groups in total. The van der Waals surface area contributed by atoms with Gasteiger partial charge in [-0.15, -0.1) is 0 Å². The molecule has 5 heterocycles. The number of halogens is 1. The Labute approximate surface area is 236 Å². The van der Waals surface area contributed by atoms with Crippen molar-refractivity contribution in [2.24, 2.45) is 17.8 Å². The molecule has 1 saturated carbocycles. The number of anilines is 1. The predicted octanol–water partition coefficient (Wildman–Crippen LogP) is 6.11. The van der Waals surface area contributed by atoms with E-state index in [4.69, 9.17) is 19.4 Å². The normalized spacial score (nSPS) is 28.0. The molecule has 0 amide bonds. The summed E-state index contributed by atoms with van der Waals surface area (Å²) in [7, 11) is 0. The SMILES string of the molecule is CC(C)Oc1ccccc1-c1ncc2c(N3CC4CCC(C4)C3)nc(OC[C@@]34CCCN3C[C@H](C)C4)nc2c1F. The van der Waals surface area contributed by atoms with Crippen molar-refractivity contribution in [1.82, 2.24) is 19.9 Å². The van der Waals surface area contributed by atoms with E-state index in [-0.39, 0.29) is 28.9 Å². The summed E-state index contributed by atoms with van der Waals surface area (Å²) in [4.78, 5) is 19.2. The second kappa shape index (κ2) is 10.1. The van der Waals surface area contributed by atoms with Gasteiger partial charge in [0, 0.05) is 31.4 Å². The Morgan fingerprint density at radius 2 is 1.90 bits per heavy atom. The Hall–Kier alpha value is -3.00. The minimum atomic E-state index is -0.457. The first-order valence-corrected chi connectivity index (χ1v) is 15.1. The van der Waals surface area contributed by atoms with E-state index in [0.717, 1.165) is 44.8 Å². The van der Waals surface area contributed by atoms with Gasteiger partial charge in [-0.1, -0.05) is 19.1 Å². The Morgan fingerprint density at radius 1 is 1.10 bits per heavy atom. The molecule has 3 aliphatic heterocycles. The molecule has 8 heteroatoms. The predicted molar refractivity (Wildman–Crippen MR) is 154 cm³/mol. The first-order valence-electron chi connectivity index (χ1n) is 15.1. The van der Waals surface area contributed by atoms with Gasteiger partial charge in [-0.3, -0.25) is 9.88 Å². The Bertz CT molecular complexity index is 1400. The molecule has 212 valence electrons. The van der Waals surface area contributed by atoms with E-state index in [1.54, 1.807) is 6.20 Å². The van der Waals surface area contributed by atoms with E-state index in [1.165, 1.54) is 25.7 Å². The number of benzene rings is 1. The molecule has 4 fully saturated rings. The van der Waals surface area contributed by atoms with Crippen LogP contribution in [-0.4, -0.2) is 64.3 Å². The van der Waals surface area contributed by atoms with Gasteiger partial charge < -0.3 is 14.4 Å². The zero-order valence-electron chi connectivity index (χ0n) is 23.9. The zero-order chi connectivity index (χ0) is 27.4. The van der Waals surface area contributed by atoms with Crippen molar-refractivity contribution in [1.29, 1.82) is 0 Å². The fourth-order valence-electron chi connectivity index (χ4n) is 7.94. The van der Waals surface area contributed by atoms with Crippen LogP contribution >= 0.6 is 0 Å². The number of rotatable bonds is 7. The standard InChI is InChI=1S/C32H40FN5O2/c1-20(2)40-26-8-5-4-7-24(26)28-27(33)29-25(15-34-28)30(37-17-22-9-10-23(13-22)18-37)36-31(35-29)39-19-32-11-6-12-38(32)16-21(3)14-32/h4-5,7-8,15,20-23H,6,9-14,16-19H2,1-3H3/t21-,22?,23?,32+/m1/s1. The van der Waals surface area contributed by atoms with Gasteiger partial charge in [0.15, 0.2) is 5.82 Å². The summed E-state index contributed by atoms with van der Waals surface area (Å²) in [5.74, 6) is 2.88. The van der Waals surface area contributed by atoms with Gasteiger partial charge in [0.25, 0.3) is 0 Å². The monoisotopic (exact) mass is 545 g/mol. The molecule has 7 rings (SSSR count). The van der Waals surface area contributed by atoms with Crippen LogP contribution in [0.4, 0.5) is 10.2 Å². The summed E-state index contributed by atoms with van der Waals surface area (Å²) >= 11 is 0. The fourth-order valence-corrected chi connectivity index (χ4v) is 7.94. The van der Waals surface area contributed by atoms with Crippen LogP contribution in [0.1, 0.15) is 59.3 Å². The molecular formula is C32H40FN5O2. The highest BCUT2D eigenvalue weighted by Crippen LogP contribution is 2.43. The van der Waals surface area contributed by atoms with Crippen LogP contribution < -0.4 is 14.4 Å². The van der Waals surface area contributed by atoms with Crippen molar-refractivity contribution in [2.75, 3.05) is 37.7 Å². The summed E-state index contributed by atoms with van der Waals surface area (Å²) in [6, 6.07) is 7.76. The molecule has 0 radical (unpaired) electrons. The molecule has 2 bridgehead atoms. The number of para-hydroxylation sites is 1. The van der Waals surface area contributed by atoms with Crippen molar-refractivity contribution in [3.63, 3.8) is 0 Å². The summed E-state index contributed by atoms with van der Waals surface area (Å²) in [6.07, 6.45) is 8.94. The number of piperidine rings is 1. The van der Waals surface area contributed by atoms with Crippen LogP contribution in [-0.2, 0) is 0 Å². The van der Waals surface area contributed by atoms with E-state index in [9.17, 15) is 0 Å². The van der Waals surface area contributed by atoms with E-state index in [0.29, 0.717) is 41.1 Å². The molecule has 4 atom stereocenters. The average Bonchev–Trinajstić information content (AvgIpc) is 3.58. The smallest absolute Gasteiger partial charge is 0.319 e. The Kier molecular flexibility index (Phi) is 6.56. The number of pyridine rings is 1. The highest BCUT2D eigenvalue weighted by atomic mass is 19.1. The van der Waals surface area contributed by atoms with Crippen LogP contribution in [0.5, 0.6) is 11.8 Å². The van der Waals surface area contributed by atoms with Crippen LogP contribution in [0.15, 0.2) is 30.5 Å². The maximum absolute atomic E-state index is 16.5. The van der Waals surface area contributed by atoms with Crippen molar-refractivity contribution in [3.8, 4) is 23.0 Å². The minimum Gasteiger partial charge on any atom is -0.490 e. The van der Waals surface area contributed by atoms with Crippen molar-refractivity contribution >= 4 is 16.7 Å². The zero-order valence-corrected chi connectivity index (χ0v) is 23.9. The summed E-state index contributed by atoms with van der Waals surface area (Å²) < 4.78 is 28.9. The van der Waals surface area contributed by atoms with Crippen LogP contribution in [0.3, 0.4) is 0 Å². The van der Waals surface area contributed by atoms with Gasteiger partial charge in [-0.05, 0) is 88.8 Å². The van der Waals surface area contributed by atoms with E-state index >= 15 is 4.39 Å². The number of ether oxygens (including phenoxy) is 2. The van der Waals surface area contributed by atoms with E-state index < -0.39 is 5.82 Å². The molecule has 2 aromatic heterocycles. The van der Waals surface area contributed by atoms with E-state index in [1.807, 2.05) is 38.1 Å². The topological polar surface area (TPSA) is 63.6 Å². The molecule has 3 saturated heterocycles. The third-order valence-corrected chi connectivity index (χ3v) is 9.53. The maximum Gasteiger partial charge on any atom is 0.319 e. The van der Waals surface area contributed by atoms with Crippen LogP contribution in [0, 0.1) is 23.6 Å². The lowest BCUT2D eigenvalue weighted by molar-refractivity contribution is 0.107. The number of nitrogens with zero attached hydrogens (tertiary/aromatic N) is 5. The highest BCUT2D eigenvalue weighted by Gasteiger charge is 2.48. The second-order valence-electron chi connectivity index (χ2n) is 13.0. The number of hydrogen-bond acceptors (Lipinski definition) is 7. The minimum absolute atomic E-state index is 0.0389. The number of hydrogen-bond donors (Lipinski definition) is 0. The van der Waals surface area contributed by atoms with Crippen LogP contribution in [0.25, 0.3) is 22.2 Å². The number of aromatic nitrogens is 3. The largest absolute Gasteiger partial charge is 0.490 e. The maximum atomic E-state index is 16.5. The van der Waals surface area contributed by atoms with Gasteiger partial charge in [0.1, 0.15) is 29.4 Å². The second-order valence-corrected chi connectivity index (χ2v) is 13.0. The molecular weight excluding hydrogens is 505 g/mol. The molecule has 7 nitrogen and oxygen atoms in total. The number of fused-ring (bicyclic) bond motifs is 4. The lowest BCUT2D eigenvalue weighted by Crippen LogP contribution is -2.43. The molecule has 4 aliphatic rings. The highest BCUT2D eigenvalue weighted by molar-refractivity contribution is 5.92. The first-order chi connectivity index (χ1) is 19.4. The lowest BCUT2D eigenvalue weighted by Gasteiger charge is -2.34. The quantitative estimate of drug-likeness (QED) is 0.355. The Balaban J connectivity index is 1.30. The first kappa shape index (κ1) is 25.9. The third kappa shape index (κ3) is 4.58. The molecule has 3 aromatic rings. The van der Waals surface area contributed by atoms with Gasteiger partial charge in [-0.25, -0.2) is 4.39 Å². The molecule has 1 aromatic carbocycles. The fraction of sp³-hybridized carbons (Fsp3) is 0.594. The van der Waals surface area contributed by atoms with Crippen molar-refractivity contribution in [2.45, 2.75) is 70.9 Å². The molecule has 0 spiro atoms. The summed E-state index contributed by atoms with van der Waals surface area (Å²) in [6.45, 7) is 10.9. The summed E-state index contributed by atoms with van der Waals surface area (Å²) in [5.41, 5.74) is 1.16. The average molecular weight is 546 g/mol. The van der Waals surface area contributed by atoms with Crippen molar-refractivity contribution in [3.05, 3.63) is 36.3 Å². The molecule has 1 aliphatic carbocycles. The van der Waals surface area contributed by atoms with E-state index in [2.05, 4.69) is 21.7 Å². The third-order valence-electron chi connectivity index (χ3n) is 9.53.